The summed E-state index contributed by atoms with van der Waals surface area (Å²) in [5.74, 6) is 0.528. The summed E-state index contributed by atoms with van der Waals surface area (Å²) >= 11 is 12.5. The maximum atomic E-state index is 12.7. The molecule has 0 aliphatic heterocycles. The summed E-state index contributed by atoms with van der Waals surface area (Å²) in [6.07, 6.45) is 5.16. The highest BCUT2D eigenvalue weighted by molar-refractivity contribution is 6.39. The number of fused-ring (bicyclic) bond motifs is 1. The number of carbonyl (C=O) groups is 1. The Balaban J connectivity index is 1.68. The summed E-state index contributed by atoms with van der Waals surface area (Å²) in [6, 6.07) is 6.85. The van der Waals surface area contributed by atoms with Crippen molar-refractivity contribution in [2.24, 2.45) is 0 Å². The Morgan fingerprint density at radius 3 is 2.66 bits per heavy atom. The minimum absolute atomic E-state index is 0.284. The molecule has 4 aromatic rings. The maximum absolute atomic E-state index is 12.7. The zero-order chi connectivity index (χ0) is 20.5. The van der Waals surface area contributed by atoms with Gasteiger partial charge >= 0.3 is 0 Å². The van der Waals surface area contributed by atoms with Crippen LogP contribution in [0, 0.1) is 6.92 Å². The number of hydrogen-bond acceptors (Lipinski definition) is 4. The summed E-state index contributed by atoms with van der Waals surface area (Å²) in [5, 5.41) is 8.95. The molecule has 3 heterocycles. The first kappa shape index (κ1) is 19.4. The number of nitrogens with zero attached hydrogens (tertiary/aromatic N) is 5. The van der Waals surface area contributed by atoms with Gasteiger partial charge in [0.05, 0.1) is 21.7 Å². The lowest BCUT2D eigenvalue weighted by Gasteiger charge is -2.08. The lowest BCUT2D eigenvalue weighted by atomic mass is 10.2. The van der Waals surface area contributed by atoms with Crippen LogP contribution in [0.25, 0.3) is 11.0 Å². The SMILES string of the molecule is CCn1ccnc1Cn1nc(C)c2c(Cl)c(C(=O)Nc3ccc(Cl)cc3)cnc21. The standard InChI is InChI=1S/C20H18Cl2N6O/c1-3-27-9-8-23-16(27)11-28-19-17(12(2)26-28)18(22)15(10-24-19)20(29)25-14-6-4-13(21)5-7-14/h4-10H,3,11H2,1-2H3,(H,25,29). The Morgan fingerprint density at radius 1 is 1.17 bits per heavy atom. The fraction of sp³-hybridized carbons (Fsp3) is 0.200. The first-order valence-electron chi connectivity index (χ1n) is 9.06. The predicted molar refractivity (Wildman–Crippen MR) is 114 cm³/mol. The fourth-order valence-electron chi connectivity index (χ4n) is 3.19. The molecule has 0 fully saturated rings. The number of imidazole rings is 1. The van der Waals surface area contributed by atoms with Gasteiger partial charge in [0.15, 0.2) is 5.65 Å². The molecule has 3 aromatic heterocycles. The van der Waals surface area contributed by atoms with E-state index in [1.807, 2.05) is 17.7 Å². The van der Waals surface area contributed by atoms with Crippen LogP contribution in [0.4, 0.5) is 5.69 Å². The molecule has 7 nitrogen and oxygen atoms in total. The molecular weight excluding hydrogens is 411 g/mol. The van der Waals surface area contributed by atoms with E-state index in [2.05, 4.69) is 27.3 Å². The maximum Gasteiger partial charge on any atom is 0.258 e. The van der Waals surface area contributed by atoms with Crippen molar-refractivity contribution in [3.63, 3.8) is 0 Å². The molecule has 29 heavy (non-hydrogen) atoms. The van der Waals surface area contributed by atoms with Crippen LogP contribution in [0.15, 0.2) is 42.9 Å². The molecule has 0 aliphatic carbocycles. The van der Waals surface area contributed by atoms with Crippen LogP contribution in [-0.4, -0.2) is 30.2 Å². The normalized spacial score (nSPS) is 11.2. The second-order valence-corrected chi connectivity index (χ2v) is 7.33. The van der Waals surface area contributed by atoms with Crippen molar-refractivity contribution in [2.45, 2.75) is 26.9 Å². The molecule has 1 amide bonds. The van der Waals surface area contributed by atoms with Gasteiger partial charge in [-0.25, -0.2) is 14.6 Å². The Bertz CT molecular complexity index is 1200. The van der Waals surface area contributed by atoms with Gasteiger partial charge in [0.1, 0.15) is 12.4 Å². The molecule has 0 saturated heterocycles. The van der Waals surface area contributed by atoms with Crippen molar-refractivity contribution < 1.29 is 4.79 Å². The number of nitrogens with one attached hydrogen (secondary N) is 1. The largest absolute Gasteiger partial charge is 0.334 e. The number of rotatable bonds is 5. The summed E-state index contributed by atoms with van der Waals surface area (Å²) in [5.41, 5.74) is 2.22. The smallest absolute Gasteiger partial charge is 0.258 e. The molecule has 0 atom stereocenters. The third-order valence-corrected chi connectivity index (χ3v) is 5.30. The van der Waals surface area contributed by atoms with Crippen molar-refractivity contribution >= 4 is 45.8 Å². The fourth-order valence-corrected chi connectivity index (χ4v) is 3.67. The quantitative estimate of drug-likeness (QED) is 0.505. The predicted octanol–water partition coefficient (Wildman–Crippen LogP) is 4.56. The molecular formula is C20H18Cl2N6O. The second kappa shape index (κ2) is 7.85. The third-order valence-electron chi connectivity index (χ3n) is 4.65. The summed E-state index contributed by atoms with van der Waals surface area (Å²) < 4.78 is 3.80. The summed E-state index contributed by atoms with van der Waals surface area (Å²) in [6.45, 7) is 5.18. The van der Waals surface area contributed by atoms with Crippen LogP contribution < -0.4 is 5.32 Å². The molecule has 0 spiro atoms. The first-order valence-corrected chi connectivity index (χ1v) is 9.82. The van der Waals surface area contributed by atoms with Gasteiger partial charge in [-0.2, -0.15) is 5.10 Å². The van der Waals surface area contributed by atoms with Crippen molar-refractivity contribution in [1.29, 1.82) is 0 Å². The number of aromatic nitrogens is 5. The lowest BCUT2D eigenvalue weighted by molar-refractivity contribution is 0.102. The minimum Gasteiger partial charge on any atom is -0.334 e. The number of anilines is 1. The molecule has 148 valence electrons. The highest BCUT2D eigenvalue weighted by Crippen LogP contribution is 2.29. The van der Waals surface area contributed by atoms with Gasteiger partial charge in [0.25, 0.3) is 5.91 Å². The van der Waals surface area contributed by atoms with E-state index in [1.165, 1.54) is 6.20 Å². The van der Waals surface area contributed by atoms with Crippen LogP contribution in [0.1, 0.15) is 28.8 Å². The third kappa shape index (κ3) is 3.71. The van der Waals surface area contributed by atoms with E-state index in [0.29, 0.717) is 39.0 Å². The lowest BCUT2D eigenvalue weighted by Crippen LogP contribution is -2.13. The number of pyridine rings is 1. The van der Waals surface area contributed by atoms with Gasteiger partial charge in [-0.1, -0.05) is 23.2 Å². The van der Waals surface area contributed by atoms with E-state index >= 15 is 0 Å². The average Bonchev–Trinajstić information content (AvgIpc) is 3.28. The molecule has 4 rings (SSSR count). The van der Waals surface area contributed by atoms with Gasteiger partial charge in [-0.3, -0.25) is 4.79 Å². The highest BCUT2D eigenvalue weighted by Gasteiger charge is 2.20. The molecule has 0 radical (unpaired) electrons. The van der Waals surface area contributed by atoms with Gasteiger partial charge in [0, 0.05) is 35.8 Å². The number of benzene rings is 1. The molecule has 0 aliphatic rings. The number of carbonyl (C=O) groups excluding carboxylic acids is 1. The highest BCUT2D eigenvalue weighted by atomic mass is 35.5. The second-order valence-electron chi connectivity index (χ2n) is 6.52. The van der Waals surface area contributed by atoms with Crippen LogP contribution in [0.3, 0.4) is 0 Å². The Hall–Kier alpha value is -2.90. The summed E-state index contributed by atoms with van der Waals surface area (Å²) in [4.78, 5) is 21.6. The van der Waals surface area contributed by atoms with Crippen LogP contribution in [0.5, 0.6) is 0 Å². The van der Waals surface area contributed by atoms with Crippen molar-refractivity contribution in [1.82, 2.24) is 24.3 Å². The van der Waals surface area contributed by atoms with Crippen LogP contribution >= 0.6 is 23.2 Å². The number of hydrogen-bond donors (Lipinski definition) is 1. The average molecular weight is 429 g/mol. The Morgan fingerprint density at radius 2 is 1.93 bits per heavy atom. The topological polar surface area (TPSA) is 77.6 Å². The van der Waals surface area contributed by atoms with E-state index < -0.39 is 0 Å². The van der Waals surface area contributed by atoms with Gasteiger partial charge in [-0.05, 0) is 38.1 Å². The Labute approximate surface area is 177 Å². The van der Waals surface area contributed by atoms with Gasteiger partial charge < -0.3 is 9.88 Å². The first-order chi connectivity index (χ1) is 14.0. The minimum atomic E-state index is -0.347. The zero-order valence-electron chi connectivity index (χ0n) is 15.9. The van der Waals surface area contributed by atoms with Crippen molar-refractivity contribution in [3.05, 3.63) is 70.0 Å². The molecule has 1 N–H and O–H groups in total. The molecule has 0 saturated carbocycles. The van der Waals surface area contributed by atoms with E-state index in [9.17, 15) is 4.79 Å². The monoisotopic (exact) mass is 428 g/mol. The molecule has 1 aromatic carbocycles. The van der Waals surface area contributed by atoms with E-state index in [1.54, 1.807) is 35.1 Å². The number of amides is 1. The van der Waals surface area contributed by atoms with E-state index in [-0.39, 0.29) is 11.5 Å². The van der Waals surface area contributed by atoms with Crippen LogP contribution in [-0.2, 0) is 13.1 Å². The number of aryl methyl sites for hydroxylation is 2. The number of halogens is 2. The van der Waals surface area contributed by atoms with Gasteiger partial charge in [-0.15, -0.1) is 0 Å². The summed E-state index contributed by atoms with van der Waals surface area (Å²) in [7, 11) is 0. The van der Waals surface area contributed by atoms with Gasteiger partial charge in [0.2, 0.25) is 0 Å². The molecule has 0 bridgehead atoms. The van der Waals surface area contributed by atoms with E-state index in [4.69, 9.17) is 23.2 Å². The molecule has 9 heteroatoms. The van der Waals surface area contributed by atoms with Crippen LogP contribution in [0.2, 0.25) is 10.0 Å². The Kier molecular flexibility index (Phi) is 5.25. The van der Waals surface area contributed by atoms with Crippen molar-refractivity contribution in [3.8, 4) is 0 Å². The molecule has 0 unspecified atom stereocenters. The van der Waals surface area contributed by atoms with E-state index in [0.717, 1.165) is 12.4 Å². The van der Waals surface area contributed by atoms with Crippen molar-refractivity contribution in [2.75, 3.05) is 5.32 Å². The zero-order valence-corrected chi connectivity index (χ0v) is 17.4.